The van der Waals surface area contributed by atoms with Crippen LogP contribution in [0.25, 0.3) is 10.9 Å². The van der Waals surface area contributed by atoms with Gasteiger partial charge in [0.25, 0.3) is 0 Å². The van der Waals surface area contributed by atoms with Gasteiger partial charge < -0.3 is 19.7 Å². The third-order valence-corrected chi connectivity index (χ3v) is 5.85. The third kappa shape index (κ3) is 5.75. The Morgan fingerprint density at radius 3 is 2.68 bits per heavy atom. The summed E-state index contributed by atoms with van der Waals surface area (Å²) in [6.07, 6.45) is 3.94. The molecule has 1 aliphatic rings. The van der Waals surface area contributed by atoms with Crippen LogP contribution in [0.1, 0.15) is 12.8 Å². The van der Waals surface area contributed by atoms with Crippen LogP contribution in [0.3, 0.4) is 0 Å². The lowest BCUT2D eigenvalue weighted by molar-refractivity contribution is 0.157. The molecule has 6 nitrogen and oxygen atoms in total. The number of fused-ring (bicyclic) bond motifs is 1. The minimum absolute atomic E-state index is 0. The van der Waals surface area contributed by atoms with E-state index in [2.05, 4.69) is 43.2 Å². The number of piperidine rings is 1. The van der Waals surface area contributed by atoms with Gasteiger partial charge >= 0.3 is 0 Å². The molecule has 31 heavy (non-hydrogen) atoms. The first-order chi connectivity index (χ1) is 14.5. The number of hydrogen-bond donors (Lipinski definition) is 1. The Bertz CT molecular complexity index is 1050. The number of anilines is 2. The first-order valence-corrected chi connectivity index (χ1v) is 10.7. The summed E-state index contributed by atoms with van der Waals surface area (Å²) in [5.41, 5.74) is 1.01. The fourth-order valence-electron chi connectivity index (χ4n) is 3.52. The number of methoxy groups -OCH3 is 1. The molecule has 0 aliphatic carbocycles. The van der Waals surface area contributed by atoms with Gasteiger partial charge in [-0.3, -0.25) is 0 Å². The van der Waals surface area contributed by atoms with Crippen molar-refractivity contribution in [1.82, 2.24) is 14.9 Å². The summed E-state index contributed by atoms with van der Waals surface area (Å²) in [5.74, 6) is 1.77. The van der Waals surface area contributed by atoms with E-state index >= 15 is 0 Å². The molecule has 166 valence electrons. The smallest absolute Gasteiger partial charge is 0.227 e. The highest BCUT2D eigenvalue weighted by Gasteiger charge is 2.18. The fraction of sp³-hybridized carbons (Fsp3) is 0.364. The molecule has 0 unspecified atom stereocenters. The number of nitrogens with one attached hydrogen (secondary N) is 1. The molecule has 0 amide bonds. The fourth-order valence-corrected chi connectivity index (χ4v) is 3.85. The Hall–Kier alpha value is -2.16. The average molecular weight is 512 g/mol. The normalized spacial score (nSPS) is 14.8. The number of rotatable bonds is 6. The maximum Gasteiger partial charge on any atom is 0.227 e. The van der Waals surface area contributed by atoms with Crippen LogP contribution in [0.2, 0.25) is 0 Å². The Labute approximate surface area is 195 Å². The van der Waals surface area contributed by atoms with Crippen molar-refractivity contribution in [3.8, 4) is 11.5 Å². The Morgan fingerprint density at radius 1 is 1.19 bits per heavy atom. The average Bonchev–Trinajstić information content (AvgIpc) is 2.74. The predicted octanol–water partition coefficient (Wildman–Crippen LogP) is 5.43. The molecule has 0 spiro atoms. The van der Waals surface area contributed by atoms with E-state index in [-0.39, 0.29) is 18.2 Å². The SMILES string of the molecule is COc1cc2cnc(Nc3ccc(Br)cc3F)nc2cc1OCC1CCN(C)CC1.Cl. The Morgan fingerprint density at radius 2 is 1.97 bits per heavy atom. The van der Waals surface area contributed by atoms with Gasteiger partial charge in [-0.2, -0.15) is 0 Å². The van der Waals surface area contributed by atoms with Gasteiger partial charge in [-0.15, -0.1) is 12.4 Å². The maximum absolute atomic E-state index is 14.1. The summed E-state index contributed by atoms with van der Waals surface area (Å²) >= 11 is 3.25. The van der Waals surface area contributed by atoms with Gasteiger partial charge in [0.2, 0.25) is 5.95 Å². The maximum atomic E-state index is 14.1. The third-order valence-electron chi connectivity index (χ3n) is 5.36. The van der Waals surface area contributed by atoms with Gasteiger partial charge in [0.05, 0.1) is 24.9 Å². The minimum atomic E-state index is -0.384. The van der Waals surface area contributed by atoms with Crippen LogP contribution >= 0.6 is 28.3 Å². The zero-order chi connectivity index (χ0) is 21.1. The number of aromatic nitrogens is 2. The summed E-state index contributed by atoms with van der Waals surface area (Å²) < 4.78 is 26.4. The van der Waals surface area contributed by atoms with Crippen molar-refractivity contribution in [3.63, 3.8) is 0 Å². The number of halogens is 3. The van der Waals surface area contributed by atoms with Crippen LogP contribution < -0.4 is 14.8 Å². The van der Waals surface area contributed by atoms with E-state index in [0.717, 1.165) is 31.3 Å². The Kier molecular flexibility index (Phi) is 7.91. The van der Waals surface area contributed by atoms with Crippen LogP contribution in [0, 0.1) is 11.7 Å². The van der Waals surface area contributed by atoms with Gasteiger partial charge in [-0.05, 0) is 63.2 Å². The zero-order valence-corrected chi connectivity index (χ0v) is 19.8. The van der Waals surface area contributed by atoms with Gasteiger partial charge in [-0.1, -0.05) is 15.9 Å². The van der Waals surface area contributed by atoms with Crippen molar-refractivity contribution in [1.29, 1.82) is 0 Å². The van der Waals surface area contributed by atoms with Crippen molar-refractivity contribution in [2.75, 3.05) is 39.2 Å². The topological polar surface area (TPSA) is 59.5 Å². The van der Waals surface area contributed by atoms with Crippen molar-refractivity contribution >= 4 is 50.9 Å². The second kappa shape index (κ2) is 10.4. The van der Waals surface area contributed by atoms with E-state index in [1.54, 1.807) is 25.4 Å². The van der Waals surface area contributed by atoms with Crippen LogP contribution in [0.15, 0.2) is 41.0 Å². The number of hydrogen-bond acceptors (Lipinski definition) is 6. The van der Waals surface area contributed by atoms with Crippen LogP contribution in [-0.4, -0.2) is 48.7 Å². The monoisotopic (exact) mass is 510 g/mol. The molecule has 9 heteroatoms. The zero-order valence-electron chi connectivity index (χ0n) is 17.4. The lowest BCUT2D eigenvalue weighted by Gasteiger charge is -2.28. The summed E-state index contributed by atoms with van der Waals surface area (Å²) in [6.45, 7) is 2.84. The minimum Gasteiger partial charge on any atom is -0.493 e. The number of nitrogens with zero attached hydrogens (tertiary/aromatic N) is 3. The molecule has 1 N–H and O–H groups in total. The standard InChI is InChI=1S/C22H24BrFN4O2.ClH/c1-28-7-5-14(6-8-28)13-30-21-11-19-15(9-20(21)29-2)12-25-22(27-19)26-18-4-3-16(23)10-17(18)24;/h3-4,9-12,14H,5-8,13H2,1-2H3,(H,25,26,27);1H. The molecule has 4 rings (SSSR count). The number of benzene rings is 2. The predicted molar refractivity (Wildman–Crippen MR) is 126 cm³/mol. The van der Waals surface area contributed by atoms with E-state index in [1.165, 1.54) is 6.07 Å². The number of likely N-dealkylation sites (tertiary alicyclic amines) is 1. The molecule has 1 saturated heterocycles. The van der Waals surface area contributed by atoms with Gasteiger partial charge in [0.1, 0.15) is 5.82 Å². The summed E-state index contributed by atoms with van der Waals surface area (Å²) in [4.78, 5) is 11.2. The molecule has 2 heterocycles. The van der Waals surface area contributed by atoms with E-state index in [0.29, 0.717) is 45.6 Å². The Balaban J connectivity index is 0.00000272. The van der Waals surface area contributed by atoms with Crippen molar-refractivity contribution in [3.05, 3.63) is 46.8 Å². The largest absolute Gasteiger partial charge is 0.493 e. The molecule has 0 saturated carbocycles. The van der Waals surface area contributed by atoms with Crippen LogP contribution in [-0.2, 0) is 0 Å². The van der Waals surface area contributed by atoms with Gasteiger partial charge in [0, 0.05) is 22.1 Å². The van der Waals surface area contributed by atoms with Crippen molar-refractivity contribution in [2.45, 2.75) is 12.8 Å². The first kappa shape index (κ1) is 23.5. The molecule has 1 fully saturated rings. The van der Waals surface area contributed by atoms with Gasteiger partial charge in [0.15, 0.2) is 11.5 Å². The highest BCUT2D eigenvalue weighted by molar-refractivity contribution is 9.10. The van der Waals surface area contributed by atoms with E-state index in [1.807, 2.05) is 12.1 Å². The highest BCUT2D eigenvalue weighted by atomic mass is 79.9. The lowest BCUT2D eigenvalue weighted by atomic mass is 9.98. The molecular weight excluding hydrogens is 487 g/mol. The summed E-state index contributed by atoms with van der Waals surface area (Å²) in [7, 11) is 3.77. The molecule has 1 aliphatic heterocycles. The van der Waals surface area contributed by atoms with Gasteiger partial charge in [-0.25, -0.2) is 14.4 Å². The quantitative estimate of drug-likeness (QED) is 0.476. The number of ether oxygens (including phenoxy) is 2. The van der Waals surface area contributed by atoms with Crippen molar-refractivity contribution in [2.24, 2.45) is 5.92 Å². The molecule has 3 aromatic rings. The molecule has 0 radical (unpaired) electrons. The summed E-state index contributed by atoms with van der Waals surface area (Å²) in [6, 6.07) is 8.50. The summed E-state index contributed by atoms with van der Waals surface area (Å²) in [5, 5.41) is 3.75. The lowest BCUT2D eigenvalue weighted by Crippen LogP contribution is -2.32. The van der Waals surface area contributed by atoms with Crippen LogP contribution in [0.5, 0.6) is 11.5 Å². The highest BCUT2D eigenvalue weighted by Crippen LogP contribution is 2.33. The molecular formula is C22H25BrClFN4O2. The van der Waals surface area contributed by atoms with E-state index < -0.39 is 0 Å². The molecule has 0 atom stereocenters. The van der Waals surface area contributed by atoms with Crippen molar-refractivity contribution < 1.29 is 13.9 Å². The molecule has 1 aromatic heterocycles. The second-order valence-electron chi connectivity index (χ2n) is 7.56. The van der Waals surface area contributed by atoms with E-state index in [4.69, 9.17) is 9.47 Å². The molecule has 0 bridgehead atoms. The van der Waals surface area contributed by atoms with E-state index in [9.17, 15) is 4.39 Å². The van der Waals surface area contributed by atoms with Crippen LogP contribution in [0.4, 0.5) is 16.0 Å². The first-order valence-electron chi connectivity index (χ1n) is 9.90. The second-order valence-corrected chi connectivity index (χ2v) is 8.48. The molecule has 2 aromatic carbocycles.